The molecule has 0 aromatic heterocycles. The predicted octanol–water partition coefficient (Wildman–Crippen LogP) is 6.50. The fourth-order valence-electron chi connectivity index (χ4n) is 3.67. The zero-order valence-corrected chi connectivity index (χ0v) is 20.2. The quantitative estimate of drug-likeness (QED) is 0.193. The molecule has 5 nitrogen and oxygen atoms in total. The van der Waals surface area contributed by atoms with E-state index in [0.717, 1.165) is 37.7 Å². The number of esters is 2. The van der Waals surface area contributed by atoms with Crippen LogP contribution in [0, 0.1) is 0 Å². The van der Waals surface area contributed by atoms with Crippen LogP contribution in [-0.2, 0) is 25.7 Å². The van der Waals surface area contributed by atoms with Gasteiger partial charge in [-0.05, 0) is 24.8 Å². The lowest BCUT2D eigenvalue weighted by atomic mass is 10.1. The highest BCUT2D eigenvalue weighted by molar-refractivity contribution is 5.72. The Morgan fingerprint density at radius 3 is 2.00 bits per heavy atom. The Bertz CT molecular complexity index is 601. The minimum absolute atomic E-state index is 0.0147. The topological polar surface area (TPSA) is 72.8 Å². The van der Waals surface area contributed by atoms with Crippen molar-refractivity contribution in [2.45, 2.75) is 123 Å². The standard InChI is InChI=1S/C27H44O5/c1-3-5-7-9-14-18-24(28)20-27(30)32-25(19-15-10-8-6-4-2)21-26(29)31-22-23-16-12-11-13-17-23/h11-13,16-17,24-25,28H,3-10,14-15,18-22H2,1-2H3. The highest BCUT2D eigenvalue weighted by atomic mass is 16.6. The molecule has 0 spiro atoms. The summed E-state index contributed by atoms with van der Waals surface area (Å²) in [5.41, 5.74) is 0.927. The molecule has 0 amide bonds. The molecule has 0 aliphatic rings. The SMILES string of the molecule is CCCCCCCC(O)CC(=O)OC(CCCCCCC)CC(=O)OCc1ccccc1. The summed E-state index contributed by atoms with van der Waals surface area (Å²) >= 11 is 0. The molecule has 1 aromatic carbocycles. The number of benzene rings is 1. The van der Waals surface area contributed by atoms with Gasteiger partial charge < -0.3 is 14.6 Å². The summed E-state index contributed by atoms with van der Waals surface area (Å²) in [5, 5.41) is 10.2. The van der Waals surface area contributed by atoms with Crippen LogP contribution in [0.2, 0.25) is 0 Å². The third kappa shape index (κ3) is 15.0. The Hall–Kier alpha value is -1.88. The van der Waals surface area contributed by atoms with Gasteiger partial charge in [0, 0.05) is 0 Å². The van der Waals surface area contributed by atoms with Crippen LogP contribution in [0.5, 0.6) is 0 Å². The van der Waals surface area contributed by atoms with E-state index in [-0.39, 0.29) is 25.4 Å². The van der Waals surface area contributed by atoms with Crippen molar-refractivity contribution < 1.29 is 24.2 Å². The van der Waals surface area contributed by atoms with Gasteiger partial charge >= 0.3 is 11.9 Å². The molecule has 1 rings (SSSR count). The van der Waals surface area contributed by atoms with Gasteiger partial charge in [0.2, 0.25) is 0 Å². The fraction of sp³-hybridized carbons (Fsp3) is 0.704. The summed E-state index contributed by atoms with van der Waals surface area (Å²) in [7, 11) is 0. The summed E-state index contributed by atoms with van der Waals surface area (Å²) in [6.45, 7) is 4.55. The van der Waals surface area contributed by atoms with Gasteiger partial charge in [0.15, 0.2) is 0 Å². The molecular formula is C27H44O5. The summed E-state index contributed by atoms with van der Waals surface area (Å²) in [6, 6.07) is 9.53. The van der Waals surface area contributed by atoms with Crippen LogP contribution in [-0.4, -0.2) is 29.3 Å². The second-order valence-electron chi connectivity index (χ2n) is 8.73. The lowest BCUT2D eigenvalue weighted by Gasteiger charge is -2.19. The smallest absolute Gasteiger partial charge is 0.309 e. The van der Waals surface area contributed by atoms with Crippen LogP contribution in [0.1, 0.15) is 109 Å². The van der Waals surface area contributed by atoms with Crippen molar-refractivity contribution in [2.75, 3.05) is 0 Å². The number of carbonyl (C=O) groups is 2. The number of ether oxygens (including phenoxy) is 2. The van der Waals surface area contributed by atoms with Crippen LogP contribution in [0.25, 0.3) is 0 Å². The zero-order valence-electron chi connectivity index (χ0n) is 20.2. The maximum atomic E-state index is 12.4. The average Bonchev–Trinajstić information content (AvgIpc) is 2.78. The van der Waals surface area contributed by atoms with Crippen molar-refractivity contribution in [3.63, 3.8) is 0 Å². The van der Waals surface area contributed by atoms with Crippen molar-refractivity contribution in [3.05, 3.63) is 35.9 Å². The first-order valence-corrected chi connectivity index (χ1v) is 12.6. The highest BCUT2D eigenvalue weighted by Gasteiger charge is 2.21. The van der Waals surface area contributed by atoms with Gasteiger partial charge in [-0.2, -0.15) is 0 Å². The van der Waals surface area contributed by atoms with Gasteiger partial charge in [0.25, 0.3) is 0 Å². The van der Waals surface area contributed by atoms with E-state index < -0.39 is 18.2 Å². The maximum absolute atomic E-state index is 12.4. The van der Waals surface area contributed by atoms with Gasteiger partial charge in [-0.15, -0.1) is 0 Å². The Labute approximate surface area is 194 Å². The average molecular weight is 449 g/mol. The molecule has 32 heavy (non-hydrogen) atoms. The van der Waals surface area contributed by atoms with Gasteiger partial charge in [-0.25, -0.2) is 0 Å². The lowest BCUT2D eigenvalue weighted by molar-refractivity contribution is -0.157. The monoisotopic (exact) mass is 448 g/mol. The molecule has 1 N–H and O–H groups in total. The second-order valence-corrected chi connectivity index (χ2v) is 8.73. The maximum Gasteiger partial charge on any atom is 0.309 e. The van der Waals surface area contributed by atoms with E-state index in [2.05, 4.69) is 13.8 Å². The molecule has 2 atom stereocenters. The summed E-state index contributed by atoms with van der Waals surface area (Å²) in [4.78, 5) is 24.7. The Morgan fingerprint density at radius 2 is 1.38 bits per heavy atom. The van der Waals surface area contributed by atoms with Gasteiger partial charge in [-0.3, -0.25) is 9.59 Å². The van der Waals surface area contributed by atoms with Crippen LogP contribution in [0.4, 0.5) is 0 Å². The number of carbonyl (C=O) groups excluding carboxylic acids is 2. The molecule has 0 fully saturated rings. The number of hydrogen-bond donors (Lipinski definition) is 1. The van der Waals surface area contributed by atoms with Crippen LogP contribution < -0.4 is 0 Å². The molecule has 2 unspecified atom stereocenters. The minimum Gasteiger partial charge on any atom is -0.462 e. The molecule has 1 aromatic rings. The fourth-order valence-corrected chi connectivity index (χ4v) is 3.67. The third-order valence-corrected chi connectivity index (χ3v) is 5.61. The minimum atomic E-state index is -0.681. The van der Waals surface area contributed by atoms with Gasteiger partial charge in [-0.1, -0.05) is 102 Å². The van der Waals surface area contributed by atoms with E-state index in [1.807, 2.05) is 30.3 Å². The van der Waals surface area contributed by atoms with Crippen molar-refractivity contribution in [3.8, 4) is 0 Å². The number of aliphatic hydroxyl groups excluding tert-OH is 1. The van der Waals surface area contributed by atoms with E-state index in [0.29, 0.717) is 12.8 Å². The van der Waals surface area contributed by atoms with E-state index in [1.54, 1.807) is 0 Å². The molecule has 0 heterocycles. The molecule has 0 saturated carbocycles. The normalized spacial score (nSPS) is 12.8. The lowest BCUT2D eigenvalue weighted by Crippen LogP contribution is -2.25. The zero-order chi connectivity index (χ0) is 23.4. The number of rotatable bonds is 19. The van der Waals surface area contributed by atoms with Crippen molar-refractivity contribution in [2.24, 2.45) is 0 Å². The number of aliphatic hydroxyl groups is 1. The summed E-state index contributed by atoms with van der Waals surface area (Å²) < 4.78 is 11.0. The molecule has 0 radical (unpaired) electrons. The Kier molecular flexibility index (Phi) is 16.4. The van der Waals surface area contributed by atoms with Crippen molar-refractivity contribution in [1.82, 2.24) is 0 Å². The Balaban J connectivity index is 2.43. The van der Waals surface area contributed by atoms with E-state index in [1.165, 1.54) is 32.1 Å². The first-order chi connectivity index (χ1) is 15.5. The van der Waals surface area contributed by atoms with Crippen molar-refractivity contribution >= 4 is 11.9 Å². The molecule has 182 valence electrons. The molecule has 0 aliphatic heterocycles. The van der Waals surface area contributed by atoms with Crippen molar-refractivity contribution in [1.29, 1.82) is 0 Å². The van der Waals surface area contributed by atoms with E-state index in [9.17, 15) is 14.7 Å². The summed E-state index contributed by atoms with van der Waals surface area (Å²) in [6.07, 6.45) is 11.1. The van der Waals surface area contributed by atoms with E-state index >= 15 is 0 Å². The number of hydrogen-bond acceptors (Lipinski definition) is 5. The highest BCUT2D eigenvalue weighted by Crippen LogP contribution is 2.16. The summed E-state index contributed by atoms with van der Waals surface area (Å²) in [5.74, 6) is -0.794. The first kappa shape index (κ1) is 28.2. The molecule has 5 heteroatoms. The predicted molar refractivity (Wildman–Crippen MR) is 128 cm³/mol. The van der Waals surface area contributed by atoms with Gasteiger partial charge in [0.1, 0.15) is 12.7 Å². The number of unbranched alkanes of at least 4 members (excludes halogenated alkanes) is 8. The van der Waals surface area contributed by atoms with E-state index in [4.69, 9.17) is 9.47 Å². The second kappa shape index (κ2) is 18.7. The Morgan fingerprint density at radius 1 is 0.781 bits per heavy atom. The first-order valence-electron chi connectivity index (χ1n) is 12.6. The molecule has 0 saturated heterocycles. The molecular weight excluding hydrogens is 404 g/mol. The molecule has 0 aliphatic carbocycles. The largest absolute Gasteiger partial charge is 0.462 e. The molecule has 0 bridgehead atoms. The van der Waals surface area contributed by atoms with Crippen LogP contribution >= 0.6 is 0 Å². The van der Waals surface area contributed by atoms with Gasteiger partial charge in [0.05, 0.1) is 18.9 Å². The van der Waals surface area contributed by atoms with Crippen LogP contribution in [0.3, 0.4) is 0 Å². The third-order valence-electron chi connectivity index (χ3n) is 5.61. The van der Waals surface area contributed by atoms with Crippen LogP contribution in [0.15, 0.2) is 30.3 Å².